The molecular weight excluding hydrogens is 271 g/mol. The second-order valence-corrected chi connectivity index (χ2v) is 5.15. The molecule has 0 radical (unpaired) electrons. The van der Waals surface area contributed by atoms with Crippen LogP contribution in [-0.4, -0.2) is 17.4 Å². The Hall–Kier alpha value is -1.79. The number of aromatic nitrogens is 1. The van der Waals surface area contributed by atoms with Crippen LogP contribution < -0.4 is 11.1 Å². The van der Waals surface area contributed by atoms with Gasteiger partial charge in [0.1, 0.15) is 11.5 Å². The highest BCUT2D eigenvalue weighted by Gasteiger charge is 2.33. The van der Waals surface area contributed by atoms with Gasteiger partial charge >= 0.3 is 6.18 Å². The summed E-state index contributed by atoms with van der Waals surface area (Å²) >= 11 is 0. The Morgan fingerprint density at radius 1 is 1.50 bits per heavy atom. The van der Waals surface area contributed by atoms with Gasteiger partial charge in [-0.2, -0.15) is 13.2 Å². The van der Waals surface area contributed by atoms with Crippen LogP contribution in [0.15, 0.2) is 12.1 Å². The molecular formula is C13H16F3N3O. The molecule has 1 fully saturated rings. The Morgan fingerprint density at radius 2 is 2.15 bits per heavy atom. The van der Waals surface area contributed by atoms with Crippen molar-refractivity contribution in [2.45, 2.75) is 25.9 Å². The van der Waals surface area contributed by atoms with Crippen molar-refractivity contribution in [1.29, 1.82) is 0 Å². The minimum atomic E-state index is -4.55. The largest absolute Gasteiger partial charge is 0.433 e. The van der Waals surface area contributed by atoms with Crippen LogP contribution in [0.3, 0.4) is 0 Å². The zero-order valence-electron chi connectivity index (χ0n) is 11.0. The van der Waals surface area contributed by atoms with E-state index in [4.69, 9.17) is 5.73 Å². The van der Waals surface area contributed by atoms with E-state index in [1.54, 1.807) is 0 Å². The van der Waals surface area contributed by atoms with Gasteiger partial charge in [-0.3, -0.25) is 4.79 Å². The number of hydrogen-bond acceptors (Lipinski definition) is 3. The molecule has 20 heavy (non-hydrogen) atoms. The average molecular weight is 287 g/mol. The number of primary amides is 1. The molecule has 7 heteroatoms. The highest BCUT2D eigenvalue weighted by Crippen LogP contribution is 2.36. The van der Waals surface area contributed by atoms with Gasteiger partial charge in [0.15, 0.2) is 0 Å². The Morgan fingerprint density at radius 3 is 2.65 bits per heavy atom. The first-order valence-electron chi connectivity index (χ1n) is 6.41. The monoisotopic (exact) mass is 287 g/mol. The van der Waals surface area contributed by atoms with E-state index in [9.17, 15) is 18.0 Å². The Balaban J connectivity index is 2.19. The number of rotatable bonds is 5. The molecule has 110 valence electrons. The number of amides is 1. The summed E-state index contributed by atoms with van der Waals surface area (Å²) in [5, 5.41) is 2.82. The number of hydrogen-bond donors (Lipinski definition) is 2. The summed E-state index contributed by atoms with van der Waals surface area (Å²) in [6.07, 6.45) is -2.27. The predicted octanol–water partition coefficient (Wildman–Crippen LogP) is 2.66. The van der Waals surface area contributed by atoms with Crippen LogP contribution in [-0.2, 0) is 6.18 Å². The topological polar surface area (TPSA) is 68.0 Å². The lowest BCUT2D eigenvalue weighted by molar-refractivity contribution is -0.141. The molecule has 1 aliphatic carbocycles. The van der Waals surface area contributed by atoms with Gasteiger partial charge in [-0.15, -0.1) is 0 Å². The first-order valence-corrected chi connectivity index (χ1v) is 6.41. The van der Waals surface area contributed by atoms with Crippen molar-refractivity contribution < 1.29 is 18.0 Å². The summed E-state index contributed by atoms with van der Waals surface area (Å²) in [6.45, 7) is 2.49. The molecule has 0 aromatic carbocycles. The number of anilines is 1. The minimum absolute atomic E-state index is 0.0269. The Labute approximate surface area is 114 Å². The summed E-state index contributed by atoms with van der Waals surface area (Å²) in [5.74, 6) is 0.0324. The molecule has 1 saturated carbocycles. The second kappa shape index (κ2) is 5.30. The fourth-order valence-corrected chi connectivity index (χ4v) is 2.04. The number of alkyl halides is 3. The lowest BCUT2D eigenvalue weighted by atomic mass is 10.1. The maximum absolute atomic E-state index is 12.6. The zero-order chi connectivity index (χ0) is 14.9. The van der Waals surface area contributed by atoms with Gasteiger partial charge in [0.2, 0.25) is 0 Å². The van der Waals surface area contributed by atoms with E-state index in [0.29, 0.717) is 18.4 Å². The van der Waals surface area contributed by atoms with E-state index in [1.165, 1.54) is 0 Å². The SMILES string of the molecule is CC(CNc1nc(C(F)(F)F)ccc1C(N)=O)C1CC1. The van der Waals surface area contributed by atoms with Gasteiger partial charge in [0, 0.05) is 6.54 Å². The molecule has 0 saturated heterocycles. The third-order valence-electron chi connectivity index (χ3n) is 3.47. The quantitative estimate of drug-likeness (QED) is 0.874. The number of nitrogens with one attached hydrogen (secondary N) is 1. The van der Waals surface area contributed by atoms with E-state index in [0.717, 1.165) is 25.0 Å². The number of carbonyl (C=O) groups is 1. The number of pyridine rings is 1. The summed E-state index contributed by atoms with van der Waals surface area (Å²) < 4.78 is 37.9. The van der Waals surface area contributed by atoms with Gasteiger partial charge in [-0.25, -0.2) is 4.98 Å². The predicted molar refractivity (Wildman–Crippen MR) is 68.1 cm³/mol. The zero-order valence-corrected chi connectivity index (χ0v) is 11.0. The van der Waals surface area contributed by atoms with Gasteiger partial charge in [-0.05, 0) is 36.8 Å². The molecule has 1 aromatic rings. The van der Waals surface area contributed by atoms with E-state index in [2.05, 4.69) is 10.3 Å². The maximum atomic E-state index is 12.6. The molecule has 1 amide bonds. The third kappa shape index (κ3) is 3.40. The Kier molecular flexibility index (Phi) is 3.87. The number of nitrogens with two attached hydrogens (primary N) is 1. The fraction of sp³-hybridized carbons (Fsp3) is 0.538. The number of nitrogens with zero attached hydrogens (tertiary/aromatic N) is 1. The number of halogens is 3. The van der Waals surface area contributed by atoms with Crippen LogP contribution in [0.5, 0.6) is 0 Å². The lowest BCUT2D eigenvalue weighted by Crippen LogP contribution is -2.21. The van der Waals surface area contributed by atoms with Crippen LogP contribution in [0.1, 0.15) is 35.8 Å². The molecule has 1 unspecified atom stereocenters. The van der Waals surface area contributed by atoms with Crippen LogP contribution in [0, 0.1) is 11.8 Å². The van der Waals surface area contributed by atoms with Crippen molar-refractivity contribution in [2.24, 2.45) is 17.6 Å². The fourth-order valence-electron chi connectivity index (χ4n) is 2.04. The van der Waals surface area contributed by atoms with Crippen molar-refractivity contribution in [1.82, 2.24) is 4.98 Å². The van der Waals surface area contributed by atoms with Gasteiger partial charge in [-0.1, -0.05) is 6.92 Å². The minimum Gasteiger partial charge on any atom is -0.369 e. The summed E-state index contributed by atoms with van der Waals surface area (Å²) in [5.41, 5.74) is 4.09. The van der Waals surface area contributed by atoms with Crippen molar-refractivity contribution in [3.05, 3.63) is 23.4 Å². The number of carbonyl (C=O) groups excluding carboxylic acids is 1. The summed E-state index contributed by atoms with van der Waals surface area (Å²) in [6, 6.07) is 1.82. The van der Waals surface area contributed by atoms with E-state index in [-0.39, 0.29) is 11.4 Å². The molecule has 0 bridgehead atoms. The first kappa shape index (κ1) is 14.6. The third-order valence-corrected chi connectivity index (χ3v) is 3.47. The Bertz CT molecular complexity index is 512. The van der Waals surface area contributed by atoms with Crippen molar-refractivity contribution in [3.8, 4) is 0 Å². The molecule has 1 heterocycles. The van der Waals surface area contributed by atoms with Crippen molar-refractivity contribution >= 4 is 11.7 Å². The summed E-state index contributed by atoms with van der Waals surface area (Å²) in [7, 11) is 0. The van der Waals surface area contributed by atoms with Gasteiger partial charge in [0.25, 0.3) is 5.91 Å². The standard InChI is InChI=1S/C13H16F3N3O/c1-7(8-2-3-8)6-18-12-9(11(17)20)4-5-10(19-12)13(14,15)16/h4-5,7-8H,2-3,6H2,1H3,(H2,17,20)(H,18,19). The second-order valence-electron chi connectivity index (χ2n) is 5.15. The van der Waals surface area contributed by atoms with E-state index in [1.807, 2.05) is 6.92 Å². The molecule has 1 atom stereocenters. The van der Waals surface area contributed by atoms with E-state index >= 15 is 0 Å². The van der Waals surface area contributed by atoms with Gasteiger partial charge in [0.05, 0.1) is 5.56 Å². The molecule has 0 spiro atoms. The molecule has 4 nitrogen and oxygen atoms in total. The summed E-state index contributed by atoms with van der Waals surface area (Å²) in [4.78, 5) is 14.7. The molecule has 1 aromatic heterocycles. The van der Waals surface area contributed by atoms with Crippen molar-refractivity contribution in [2.75, 3.05) is 11.9 Å². The maximum Gasteiger partial charge on any atom is 0.433 e. The van der Waals surface area contributed by atoms with Crippen LogP contribution in [0.25, 0.3) is 0 Å². The molecule has 2 rings (SSSR count). The highest BCUT2D eigenvalue weighted by molar-refractivity contribution is 5.97. The van der Waals surface area contributed by atoms with Gasteiger partial charge < -0.3 is 11.1 Å². The van der Waals surface area contributed by atoms with Crippen LogP contribution >= 0.6 is 0 Å². The van der Waals surface area contributed by atoms with Crippen LogP contribution in [0.4, 0.5) is 19.0 Å². The average Bonchev–Trinajstić information content (AvgIpc) is 3.18. The lowest BCUT2D eigenvalue weighted by Gasteiger charge is -2.15. The van der Waals surface area contributed by atoms with Crippen molar-refractivity contribution in [3.63, 3.8) is 0 Å². The van der Waals surface area contributed by atoms with E-state index < -0.39 is 17.8 Å². The normalized spacial score (nSPS) is 16.8. The van der Waals surface area contributed by atoms with Crippen LogP contribution in [0.2, 0.25) is 0 Å². The first-order chi connectivity index (χ1) is 9.29. The molecule has 0 aliphatic heterocycles. The molecule has 1 aliphatic rings. The molecule has 3 N–H and O–H groups in total. The smallest absolute Gasteiger partial charge is 0.369 e. The highest BCUT2D eigenvalue weighted by atomic mass is 19.4.